The third-order valence-corrected chi connectivity index (χ3v) is 5.06. The molecule has 1 aliphatic carbocycles. The number of carbonyl (C=O) groups excluding carboxylic acids is 1. The summed E-state index contributed by atoms with van der Waals surface area (Å²) in [6, 6.07) is 4.24. The van der Waals surface area contributed by atoms with E-state index in [-0.39, 0.29) is 11.2 Å². The predicted octanol–water partition coefficient (Wildman–Crippen LogP) is 2.67. The van der Waals surface area contributed by atoms with Crippen molar-refractivity contribution in [3.8, 4) is 6.07 Å². The molecular weight excluding hydrogens is 306 g/mol. The van der Waals surface area contributed by atoms with E-state index in [0.29, 0.717) is 16.6 Å². The van der Waals surface area contributed by atoms with Crippen LogP contribution in [0.3, 0.4) is 0 Å². The molecule has 0 bridgehead atoms. The van der Waals surface area contributed by atoms with Crippen LogP contribution in [-0.4, -0.2) is 25.9 Å². The van der Waals surface area contributed by atoms with Gasteiger partial charge in [0.2, 0.25) is 5.91 Å². The van der Waals surface area contributed by atoms with Gasteiger partial charge in [0.25, 0.3) is 0 Å². The predicted molar refractivity (Wildman–Crippen MR) is 81.3 cm³/mol. The molecule has 1 N–H and O–H groups in total. The molecule has 2 aromatic rings. The van der Waals surface area contributed by atoms with Crippen LogP contribution >= 0.6 is 23.1 Å². The Morgan fingerprint density at radius 2 is 2.48 bits per heavy atom. The van der Waals surface area contributed by atoms with Gasteiger partial charge in [-0.25, -0.2) is 0 Å². The number of hydrogen-bond acceptors (Lipinski definition) is 6. The second-order valence-electron chi connectivity index (χ2n) is 4.78. The molecule has 1 atom stereocenters. The Morgan fingerprint density at radius 3 is 3.19 bits per heavy atom. The van der Waals surface area contributed by atoms with E-state index in [4.69, 9.17) is 5.26 Å². The molecule has 2 aromatic heterocycles. The topological polar surface area (TPSA) is 83.6 Å². The largest absolute Gasteiger partial charge is 0.316 e. The zero-order valence-corrected chi connectivity index (χ0v) is 12.9. The van der Waals surface area contributed by atoms with Gasteiger partial charge in [0.1, 0.15) is 17.4 Å². The van der Waals surface area contributed by atoms with Crippen molar-refractivity contribution < 1.29 is 4.79 Å². The summed E-state index contributed by atoms with van der Waals surface area (Å²) in [5.74, 6) is -0.135. The minimum atomic E-state index is -0.305. The maximum atomic E-state index is 12.2. The molecule has 1 amide bonds. The number of nitrogens with zero attached hydrogens (tertiary/aromatic N) is 4. The van der Waals surface area contributed by atoms with Crippen LogP contribution in [0, 0.1) is 11.3 Å². The van der Waals surface area contributed by atoms with Gasteiger partial charge in [-0.15, -0.1) is 21.5 Å². The molecule has 0 aromatic carbocycles. The fourth-order valence-corrected chi connectivity index (χ4v) is 3.47. The van der Waals surface area contributed by atoms with Gasteiger partial charge in [-0.1, -0.05) is 11.8 Å². The first-order chi connectivity index (χ1) is 10.2. The molecule has 108 valence electrons. The molecule has 0 saturated heterocycles. The number of rotatable bonds is 5. The van der Waals surface area contributed by atoms with Crippen molar-refractivity contribution in [1.29, 1.82) is 5.26 Å². The number of carbonyl (C=O) groups is 1. The standard InChI is InChI=1S/C13H13N5OS2/c1-8(11(19)16-12-9(6-14)4-5-20-12)21-13-17-15-7-18(13)10-2-3-10/h4-5,7-8,10H,2-3H2,1H3,(H,16,19)/t8-/m0/s1. The van der Waals surface area contributed by atoms with E-state index in [2.05, 4.69) is 21.6 Å². The van der Waals surface area contributed by atoms with E-state index < -0.39 is 0 Å². The number of thiophene rings is 1. The fraction of sp³-hybridized carbons (Fsp3) is 0.385. The van der Waals surface area contributed by atoms with Gasteiger partial charge in [0.05, 0.1) is 10.8 Å². The lowest BCUT2D eigenvalue weighted by molar-refractivity contribution is -0.115. The Kier molecular flexibility index (Phi) is 3.94. The van der Waals surface area contributed by atoms with Gasteiger partial charge in [-0.05, 0) is 31.2 Å². The zero-order chi connectivity index (χ0) is 14.8. The van der Waals surface area contributed by atoms with Crippen LogP contribution in [-0.2, 0) is 4.79 Å². The number of nitrogens with one attached hydrogen (secondary N) is 1. The Morgan fingerprint density at radius 1 is 1.67 bits per heavy atom. The summed E-state index contributed by atoms with van der Waals surface area (Å²) in [4.78, 5) is 12.2. The van der Waals surface area contributed by atoms with E-state index >= 15 is 0 Å². The van der Waals surface area contributed by atoms with Crippen molar-refractivity contribution in [2.24, 2.45) is 0 Å². The molecule has 3 rings (SSSR count). The van der Waals surface area contributed by atoms with E-state index in [0.717, 1.165) is 18.0 Å². The average Bonchev–Trinajstić information content (AvgIpc) is 3.05. The number of nitriles is 1. The first kappa shape index (κ1) is 14.1. The highest BCUT2D eigenvalue weighted by molar-refractivity contribution is 8.00. The molecule has 6 nitrogen and oxygen atoms in total. The summed E-state index contributed by atoms with van der Waals surface area (Å²) < 4.78 is 2.03. The van der Waals surface area contributed by atoms with E-state index in [9.17, 15) is 4.79 Å². The molecular formula is C13H13N5OS2. The van der Waals surface area contributed by atoms with Crippen LogP contribution < -0.4 is 5.32 Å². The minimum absolute atomic E-state index is 0.135. The molecule has 0 radical (unpaired) electrons. The van der Waals surface area contributed by atoms with Gasteiger partial charge in [-0.2, -0.15) is 5.26 Å². The molecule has 0 aliphatic heterocycles. The quantitative estimate of drug-likeness (QED) is 0.857. The number of aromatic nitrogens is 3. The van der Waals surface area contributed by atoms with Crippen molar-refractivity contribution in [3.05, 3.63) is 23.3 Å². The third kappa shape index (κ3) is 3.09. The highest BCUT2D eigenvalue weighted by Crippen LogP contribution is 2.38. The van der Waals surface area contributed by atoms with Crippen LogP contribution in [0.5, 0.6) is 0 Å². The second kappa shape index (κ2) is 5.87. The first-order valence-corrected chi connectivity index (χ1v) is 8.29. The lowest BCUT2D eigenvalue weighted by Gasteiger charge is -2.11. The van der Waals surface area contributed by atoms with Gasteiger partial charge in [-0.3, -0.25) is 4.79 Å². The van der Waals surface area contributed by atoms with Gasteiger partial charge >= 0.3 is 0 Å². The molecule has 8 heteroatoms. The maximum absolute atomic E-state index is 12.2. The Bertz CT molecular complexity index is 697. The maximum Gasteiger partial charge on any atom is 0.238 e. The van der Waals surface area contributed by atoms with E-state index in [1.807, 2.05) is 11.5 Å². The Balaban J connectivity index is 1.65. The van der Waals surface area contributed by atoms with Crippen LogP contribution in [0.2, 0.25) is 0 Å². The van der Waals surface area contributed by atoms with E-state index in [1.165, 1.54) is 23.1 Å². The van der Waals surface area contributed by atoms with E-state index in [1.54, 1.807) is 17.8 Å². The monoisotopic (exact) mass is 319 g/mol. The summed E-state index contributed by atoms with van der Waals surface area (Å²) in [6.45, 7) is 1.82. The van der Waals surface area contributed by atoms with Crippen molar-refractivity contribution in [3.63, 3.8) is 0 Å². The van der Waals surface area contributed by atoms with Gasteiger partial charge in [0.15, 0.2) is 5.16 Å². The van der Waals surface area contributed by atoms with Crippen molar-refractivity contribution >= 4 is 34.0 Å². The Hall–Kier alpha value is -1.85. The highest BCUT2D eigenvalue weighted by Gasteiger charge is 2.28. The highest BCUT2D eigenvalue weighted by atomic mass is 32.2. The molecule has 1 aliphatic rings. The summed E-state index contributed by atoms with van der Waals surface area (Å²) >= 11 is 2.74. The lowest BCUT2D eigenvalue weighted by atomic mass is 10.3. The number of thioether (sulfide) groups is 1. The van der Waals surface area contributed by atoms with Crippen LogP contribution in [0.1, 0.15) is 31.4 Å². The Labute approximate surface area is 130 Å². The first-order valence-electron chi connectivity index (χ1n) is 6.53. The second-order valence-corrected chi connectivity index (χ2v) is 7.00. The van der Waals surface area contributed by atoms with Crippen LogP contribution in [0.4, 0.5) is 5.00 Å². The average molecular weight is 319 g/mol. The van der Waals surface area contributed by atoms with Crippen molar-refractivity contribution in [2.75, 3.05) is 5.32 Å². The van der Waals surface area contributed by atoms with Crippen LogP contribution in [0.15, 0.2) is 22.9 Å². The summed E-state index contributed by atoms with van der Waals surface area (Å²) in [5.41, 5.74) is 0.492. The number of amides is 1. The fourth-order valence-electron chi connectivity index (χ4n) is 1.84. The molecule has 1 saturated carbocycles. The van der Waals surface area contributed by atoms with Crippen molar-refractivity contribution in [2.45, 2.75) is 36.2 Å². The summed E-state index contributed by atoms with van der Waals surface area (Å²) in [7, 11) is 0. The zero-order valence-electron chi connectivity index (χ0n) is 11.3. The lowest BCUT2D eigenvalue weighted by Crippen LogP contribution is -2.22. The molecule has 21 heavy (non-hydrogen) atoms. The smallest absolute Gasteiger partial charge is 0.238 e. The molecule has 0 spiro atoms. The molecule has 1 fully saturated rings. The van der Waals surface area contributed by atoms with Crippen molar-refractivity contribution in [1.82, 2.24) is 14.8 Å². The minimum Gasteiger partial charge on any atom is -0.316 e. The normalized spacial score (nSPS) is 15.4. The number of hydrogen-bond donors (Lipinski definition) is 1. The molecule has 0 unspecified atom stereocenters. The summed E-state index contributed by atoms with van der Waals surface area (Å²) in [5, 5.41) is 22.6. The van der Waals surface area contributed by atoms with Crippen LogP contribution in [0.25, 0.3) is 0 Å². The van der Waals surface area contributed by atoms with Gasteiger partial charge in [0, 0.05) is 6.04 Å². The number of anilines is 1. The molecule has 2 heterocycles. The summed E-state index contributed by atoms with van der Waals surface area (Å²) in [6.07, 6.45) is 4.01. The van der Waals surface area contributed by atoms with Gasteiger partial charge < -0.3 is 9.88 Å². The third-order valence-electron chi connectivity index (χ3n) is 3.15. The SMILES string of the molecule is C[C@H](Sc1nncn1C1CC1)C(=O)Nc1sccc1C#N.